The maximum absolute atomic E-state index is 13.9. The fourth-order valence-corrected chi connectivity index (χ4v) is 7.05. The lowest BCUT2D eigenvalue weighted by Gasteiger charge is -2.34. The summed E-state index contributed by atoms with van der Waals surface area (Å²) < 4.78 is -0.348. The van der Waals surface area contributed by atoms with Gasteiger partial charge in [-0.05, 0) is 38.5 Å². The van der Waals surface area contributed by atoms with E-state index in [4.69, 9.17) is 15.7 Å². The Morgan fingerprint density at radius 1 is 1.00 bits per heavy atom. The van der Waals surface area contributed by atoms with Crippen molar-refractivity contribution in [3.05, 3.63) is 12.1 Å². The molecule has 0 bridgehead atoms. The SMILES string of the molecule is NC(=O)CCCCC(CCCCCC(=O)O)NC(=O)[C@@]1(CCCCC(=O)On2c(O)ccc2O)SC[C@@H]2NC(=O)N[C@@H]21. The van der Waals surface area contributed by atoms with Crippen LogP contribution in [0.25, 0.3) is 0 Å². The second-order valence-corrected chi connectivity index (χ2v) is 12.1. The number of carboxylic acid groups (broad SMARTS) is 1. The molecule has 2 aliphatic rings. The fourth-order valence-electron chi connectivity index (χ4n) is 5.42. The molecule has 0 aliphatic carbocycles. The molecule has 15 heteroatoms. The molecule has 2 fully saturated rings. The Kier molecular flexibility index (Phi) is 12.2. The van der Waals surface area contributed by atoms with Gasteiger partial charge in [-0.15, -0.1) is 16.5 Å². The average Bonchev–Trinajstić information content (AvgIpc) is 3.57. The van der Waals surface area contributed by atoms with Crippen molar-refractivity contribution in [2.45, 2.75) is 106 Å². The van der Waals surface area contributed by atoms with Gasteiger partial charge in [-0.25, -0.2) is 9.59 Å². The Hall–Kier alpha value is -3.62. The Bertz CT molecular complexity index is 1110. The van der Waals surface area contributed by atoms with Gasteiger partial charge in [0.15, 0.2) is 0 Å². The van der Waals surface area contributed by atoms with E-state index >= 15 is 0 Å². The molecular weight excluding hydrogens is 570 g/mol. The first-order valence-electron chi connectivity index (χ1n) is 14.3. The summed E-state index contributed by atoms with van der Waals surface area (Å²) in [4.78, 5) is 65.3. The summed E-state index contributed by atoms with van der Waals surface area (Å²) in [5, 5.41) is 37.2. The minimum absolute atomic E-state index is 0.0169. The molecule has 234 valence electrons. The molecule has 42 heavy (non-hydrogen) atoms. The number of hydrogen-bond donors (Lipinski definition) is 7. The van der Waals surface area contributed by atoms with Gasteiger partial charge >= 0.3 is 18.0 Å². The third-order valence-corrected chi connectivity index (χ3v) is 9.27. The summed E-state index contributed by atoms with van der Waals surface area (Å²) in [6, 6.07) is 1.17. The van der Waals surface area contributed by atoms with E-state index in [1.165, 1.54) is 23.9 Å². The smallest absolute Gasteiger partial charge is 0.333 e. The molecular formula is C27H41N5O9S. The molecule has 0 saturated carbocycles. The van der Waals surface area contributed by atoms with E-state index in [1.54, 1.807) is 0 Å². The van der Waals surface area contributed by atoms with Crippen molar-refractivity contribution in [2.24, 2.45) is 5.73 Å². The van der Waals surface area contributed by atoms with Gasteiger partial charge in [0.1, 0.15) is 4.75 Å². The van der Waals surface area contributed by atoms with Crippen molar-refractivity contribution in [1.82, 2.24) is 20.7 Å². The zero-order chi connectivity index (χ0) is 30.7. The summed E-state index contributed by atoms with van der Waals surface area (Å²) in [5.74, 6) is -2.39. The first-order chi connectivity index (χ1) is 20.0. The Balaban J connectivity index is 1.62. The van der Waals surface area contributed by atoms with E-state index in [9.17, 15) is 34.2 Å². The van der Waals surface area contributed by atoms with Crippen LogP contribution >= 0.6 is 11.8 Å². The first-order valence-corrected chi connectivity index (χ1v) is 15.3. The highest BCUT2D eigenvalue weighted by Gasteiger charge is 2.57. The molecule has 3 rings (SSSR count). The van der Waals surface area contributed by atoms with Crippen LogP contribution in [0.1, 0.15) is 83.5 Å². The number of carboxylic acids is 1. The summed E-state index contributed by atoms with van der Waals surface area (Å²) in [6.07, 6.45) is 6.09. The van der Waals surface area contributed by atoms with Crippen molar-refractivity contribution >= 4 is 41.5 Å². The van der Waals surface area contributed by atoms with Crippen molar-refractivity contribution < 1.29 is 44.1 Å². The lowest BCUT2D eigenvalue weighted by Crippen LogP contribution is -2.57. The van der Waals surface area contributed by atoms with Gasteiger partial charge in [-0.3, -0.25) is 14.4 Å². The number of nitrogens with zero attached hydrogens (tertiary/aromatic N) is 1. The third kappa shape index (κ3) is 9.19. The van der Waals surface area contributed by atoms with Crippen LogP contribution in [0.15, 0.2) is 12.1 Å². The Labute approximate surface area is 248 Å². The number of amides is 4. The predicted molar refractivity (Wildman–Crippen MR) is 153 cm³/mol. The molecule has 14 nitrogen and oxygen atoms in total. The topological polar surface area (TPSA) is 222 Å². The van der Waals surface area contributed by atoms with Gasteiger partial charge < -0.3 is 41.8 Å². The van der Waals surface area contributed by atoms with Crippen molar-refractivity contribution in [2.75, 3.05) is 5.75 Å². The summed E-state index contributed by atoms with van der Waals surface area (Å²) in [7, 11) is 0. The molecule has 8 N–H and O–H groups in total. The van der Waals surface area contributed by atoms with Crippen LogP contribution < -0.4 is 26.5 Å². The maximum atomic E-state index is 13.9. The molecule has 1 aromatic heterocycles. The number of hydrogen-bond acceptors (Lipinski definition) is 9. The van der Waals surface area contributed by atoms with Crippen LogP contribution in [-0.2, 0) is 19.2 Å². The van der Waals surface area contributed by atoms with E-state index < -0.39 is 34.5 Å². The summed E-state index contributed by atoms with van der Waals surface area (Å²) >= 11 is 1.47. The van der Waals surface area contributed by atoms with Crippen LogP contribution in [0.4, 0.5) is 4.79 Å². The van der Waals surface area contributed by atoms with Crippen LogP contribution in [0.5, 0.6) is 11.8 Å². The monoisotopic (exact) mass is 611 g/mol. The normalized spacial score (nSPS) is 21.7. The Morgan fingerprint density at radius 2 is 1.64 bits per heavy atom. The molecule has 0 radical (unpaired) electrons. The standard InChI is InChI=1S/C27H41N5O9S/c28-19(33)10-5-4-9-17(8-2-1-3-11-22(36)37)29-25(39)27(24-18(16-42-27)30-26(40)31-24)15-7-6-12-23(38)41-32-20(34)13-14-21(32)35/h13-14,17-18,24,34-35H,1-12,15-16H2,(H2,28,33)(H,29,39)(H,36,37)(H2,30,31,40)/t17?,18-,24-,27-/m0/s1. The molecule has 4 atom stereocenters. The Morgan fingerprint density at radius 3 is 2.31 bits per heavy atom. The van der Waals surface area contributed by atoms with Crippen LogP contribution in [-0.4, -0.2) is 78.5 Å². The molecule has 2 aliphatic heterocycles. The van der Waals surface area contributed by atoms with Crippen molar-refractivity contribution in [1.29, 1.82) is 0 Å². The second kappa shape index (κ2) is 15.6. The third-order valence-electron chi connectivity index (χ3n) is 7.59. The quantitative estimate of drug-likeness (QED) is 0.0882. The zero-order valence-corrected chi connectivity index (χ0v) is 24.3. The molecule has 2 saturated heterocycles. The number of nitrogens with one attached hydrogen (secondary N) is 3. The lowest BCUT2D eigenvalue weighted by atomic mass is 9.88. The van der Waals surface area contributed by atoms with Crippen molar-refractivity contribution in [3.63, 3.8) is 0 Å². The van der Waals surface area contributed by atoms with Crippen LogP contribution in [0.3, 0.4) is 0 Å². The molecule has 1 aromatic rings. The molecule has 0 spiro atoms. The van der Waals surface area contributed by atoms with Gasteiger partial charge in [0.25, 0.3) is 0 Å². The summed E-state index contributed by atoms with van der Waals surface area (Å²) in [6.45, 7) is 0. The summed E-state index contributed by atoms with van der Waals surface area (Å²) in [5.41, 5.74) is 5.26. The number of aromatic hydroxyl groups is 2. The van der Waals surface area contributed by atoms with Gasteiger partial charge in [0, 0.05) is 43.2 Å². The van der Waals surface area contributed by atoms with E-state index in [-0.39, 0.29) is 49.2 Å². The van der Waals surface area contributed by atoms with Crippen LogP contribution in [0, 0.1) is 0 Å². The number of thioether (sulfide) groups is 1. The van der Waals surface area contributed by atoms with E-state index in [0.29, 0.717) is 68.3 Å². The number of rotatable bonds is 19. The molecule has 0 aromatic carbocycles. The number of carbonyl (C=O) groups is 5. The van der Waals surface area contributed by atoms with Gasteiger partial charge in [0.05, 0.1) is 12.1 Å². The number of aromatic nitrogens is 1. The van der Waals surface area contributed by atoms with E-state index in [0.717, 1.165) is 6.42 Å². The number of carbonyl (C=O) groups excluding carboxylic acids is 4. The van der Waals surface area contributed by atoms with Gasteiger partial charge in [0.2, 0.25) is 23.6 Å². The number of aliphatic carboxylic acids is 1. The average molecular weight is 612 g/mol. The zero-order valence-electron chi connectivity index (χ0n) is 23.5. The number of fused-ring (bicyclic) bond motifs is 1. The largest absolute Gasteiger partial charge is 0.492 e. The predicted octanol–water partition coefficient (Wildman–Crippen LogP) is 1.52. The second-order valence-electron chi connectivity index (χ2n) is 10.8. The minimum Gasteiger partial charge on any atom is -0.492 e. The van der Waals surface area contributed by atoms with E-state index in [2.05, 4.69) is 16.0 Å². The molecule has 4 amide bonds. The maximum Gasteiger partial charge on any atom is 0.333 e. The fraction of sp³-hybridized carbons (Fsp3) is 0.667. The highest BCUT2D eigenvalue weighted by atomic mass is 32.2. The number of unbranched alkanes of at least 4 members (excludes halogenated alkanes) is 4. The van der Waals surface area contributed by atoms with E-state index in [1.807, 2.05) is 0 Å². The minimum atomic E-state index is -0.973. The van der Waals surface area contributed by atoms with Gasteiger partial charge in [-0.1, -0.05) is 25.7 Å². The first kappa shape index (κ1) is 32.9. The van der Waals surface area contributed by atoms with Crippen LogP contribution in [0.2, 0.25) is 0 Å². The molecule has 3 heterocycles. The molecule has 1 unspecified atom stereocenters. The lowest BCUT2D eigenvalue weighted by molar-refractivity contribution is -0.145. The highest BCUT2D eigenvalue weighted by Crippen LogP contribution is 2.44. The number of urea groups is 1. The highest BCUT2D eigenvalue weighted by molar-refractivity contribution is 8.01. The van der Waals surface area contributed by atoms with Gasteiger partial charge in [-0.2, -0.15) is 0 Å². The number of nitrogens with two attached hydrogens (primary N) is 1. The number of primary amides is 1. The van der Waals surface area contributed by atoms with Crippen molar-refractivity contribution in [3.8, 4) is 11.8 Å².